The van der Waals surface area contributed by atoms with E-state index < -0.39 is 0 Å². The van der Waals surface area contributed by atoms with Crippen LogP contribution >= 0.6 is 0 Å². The molecule has 0 aliphatic carbocycles. The fraction of sp³-hybridized carbons (Fsp3) is 0.0870. The van der Waals surface area contributed by atoms with Gasteiger partial charge >= 0.3 is 0 Å². The molecule has 3 heterocycles. The first-order valence-corrected chi connectivity index (χ1v) is 9.06. The van der Waals surface area contributed by atoms with E-state index in [0.29, 0.717) is 17.7 Å². The molecule has 1 aliphatic rings. The molecule has 4 nitrogen and oxygen atoms in total. The summed E-state index contributed by atoms with van der Waals surface area (Å²) in [5, 5.41) is 1.01. The molecule has 136 valence electrons. The van der Waals surface area contributed by atoms with Gasteiger partial charge in [-0.05, 0) is 47.5 Å². The van der Waals surface area contributed by atoms with Crippen molar-refractivity contribution in [1.82, 2.24) is 14.9 Å². The van der Waals surface area contributed by atoms with Crippen LogP contribution in [0.4, 0.5) is 4.39 Å². The maximum absolute atomic E-state index is 14.8. The van der Waals surface area contributed by atoms with E-state index in [0.717, 1.165) is 27.7 Å². The molecule has 2 aromatic heterocycles. The second kappa shape index (κ2) is 6.53. The Balaban J connectivity index is 1.41. The second-order valence-electron chi connectivity index (χ2n) is 6.88. The fourth-order valence-electron chi connectivity index (χ4n) is 3.63. The minimum absolute atomic E-state index is 0.103. The van der Waals surface area contributed by atoms with Gasteiger partial charge in [0, 0.05) is 29.9 Å². The zero-order chi connectivity index (χ0) is 19.1. The molecular formula is C23H16FN3O. The van der Waals surface area contributed by atoms with E-state index in [1.807, 2.05) is 36.4 Å². The minimum atomic E-state index is -0.319. The quantitative estimate of drug-likeness (QED) is 0.531. The maximum atomic E-state index is 14.8. The lowest BCUT2D eigenvalue weighted by Gasteiger charge is -2.16. The molecule has 0 radical (unpaired) electrons. The summed E-state index contributed by atoms with van der Waals surface area (Å²) in [5.41, 5.74) is 4.47. The van der Waals surface area contributed by atoms with Crippen LogP contribution in [0.5, 0.6) is 0 Å². The van der Waals surface area contributed by atoms with Crippen molar-refractivity contribution >= 4 is 16.8 Å². The van der Waals surface area contributed by atoms with Gasteiger partial charge in [-0.25, -0.2) is 4.39 Å². The van der Waals surface area contributed by atoms with Gasteiger partial charge in [-0.1, -0.05) is 24.3 Å². The van der Waals surface area contributed by atoms with Crippen molar-refractivity contribution in [2.24, 2.45) is 0 Å². The summed E-state index contributed by atoms with van der Waals surface area (Å²) in [6.45, 7) is 0.636. The first-order valence-electron chi connectivity index (χ1n) is 9.06. The van der Waals surface area contributed by atoms with Crippen LogP contribution < -0.4 is 0 Å². The highest BCUT2D eigenvalue weighted by molar-refractivity contribution is 5.97. The van der Waals surface area contributed by atoms with Gasteiger partial charge in [-0.2, -0.15) is 0 Å². The normalized spacial score (nSPS) is 13.2. The SMILES string of the molecule is O=C1c2cccnc2CN1Cc1ccc(-c2ccc3ncccc3c2)cc1F. The number of rotatable bonds is 3. The Labute approximate surface area is 161 Å². The molecule has 2 aromatic carbocycles. The third kappa shape index (κ3) is 2.81. The highest BCUT2D eigenvalue weighted by Gasteiger charge is 2.28. The van der Waals surface area contributed by atoms with Crippen LogP contribution in [0.15, 0.2) is 73.1 Å². The van der Waals surface area contributed by atoms with E-state index in [1.54, 1.807) is 35.5 Å². The second-order valence-corrected chi connectivity index (χ2v) is 6.88. The molecule has 1 aliphatic heterocycles. The zero-order valence-electron chi connectivity index (χ0n) is 15.0. The van der Waals surface area contributed by atoms with Gasteiger partial charge < -0.3 is 4.90 Å². The number of fused-ring (bicyclic) bond motifs is 2. The topological polar surface area (TPSA) is 46.1 Å². The molecule has 0 atom stereocenters. The first kappa shape index (κ1) is 16.6. The Kier molecular flexibility index (Phi) is 3.86. The molecule has 0 saturated heterocycles. The van der Waals surface area contributed by atoms with Gasteiger partial charge in [-0.3, -0.25) is 14.8 Å². The Hall–Kier alpha value is -3.60. The number of carbonyl (C=O) groups is 1. The van der Waals surface area contributed by atoms with Gasteiger partial charge in [0.2, 0.25) is 0 Å². The number of pyridine rings is 2. The molecule has 1 amide bonds. The van der Waals surface area contributed by atoms with E-state index in [2.05, 4.69) is 9.97 Å². The maximum Gasteiger partial charge on any atom is 0.256 e. The predicted octanol–water partition coefficient (Wildman–Crippen LogP) is 4.59. The number of carbonyl (C=O) groups excluding carboxylic acids is 1. The molecule has 0 unspecified atom stereocenters. The Morgan fingerprint density at radius 2 is 1.71 bits per heavy atom. The molecule has 5 heteroatoms. The average Bonchev–Trinajstić information content (AvgIpc) is 3.05. The van der Waals surface area contributed by atoms with Crippen LogP contribution in [0.25, 0.3) is 22.0 Å². The van der Waals surface area contributed by atoms with Crippen molar-refractivity contribution in [2.75, 3.05) is 0 Å². The van der Waals surface area contributed by atoms with Gasteiger partial charge in [0.1, 0.15) is 5.82 Å². The van der Waals surface area contributed by atoms with Crippen LogP contribution in [-0.4, -0.2) is 20.8 Å². The Bertz CT molecular complexity index is 1220. The number of benzene rings is 2. The van der Waals surface area contributed by atoms with E-state index in [-0.39, 0.29) is 18.3 Å². The number of aromatic nitrogens is 2. The van der Waals surface area contributed by atoms with Crippen LogP contribution in [0, 0.1) is 5.82 Å². The first-order chi connectivity index (χ1) is 13.7. The largest absolute Gasteiger partial charge is 0.328 e. The lowest BCUT2D eigenvalue weighted by molar-refractivity contribution is 0.0765. The summed E-state index contributed by atoms with van der Waals surface area (Å²) < 4.78 is 14.8. The summed E-state index contributed by atoms with van der Waals surface area (Å²) in [4.78, 5) is 22.7. The number of amides is 1. The summed E-state index contributed by atoms with van der Waals surface area (Å²) in [5.74, 6) is -0.422. The number of hydrogen-bond acceptors (Lipinski definition) is 3. The molecule has 4 aromatic rings. The van der Waals surface area contributed by atoms with Gasteiger partial charge in [0.25, 0.3) is 5.91 Å². The molecule has 0 N–H and O–H groups in total. The van der Waals surface area contributed by atoms with Gasteiger partial charge in [0.05, 0.1) is 23.3 Å². The third-order valence-corrected chi connectivity index (χ3v) is 5.10. The molecule has 5 rings (SSSR count). The molecule has 28 heavy (non-hydrogen) atoms. The van der Waals surface area contributed by atoms with E-state index >= 15 is 0 Å². The highest BCUT2D eigenvalue weighted by Crippen LogP contribution is 2.27. The monoisotopic (exact) mass is 369 g/mol. The van der Waals surface area contributed by atoms with Crippen LogP contribution in [0.3, 0.4) is 0 Å². The van der Waals surface area contributed by atoms with E-state index in [1.165, 1.54) is 6.07 Å². The van der Waals surface area contributed by atoms with Crippen LogP contribution in [-0.2, 0) is 13.1 Å². The van der Waals surface area contributed by atoms with Crippen molar-refractivity contribution in [3.63, 3.8) is 0 Å². The zero-order valence-corrected chi connectivity index (χ0v) is 15.0. The summed E-state index contributed by atoms with van der Waals surface area (Å²) in [7, 11) is 0. The lowest BCUT2D eigenvalue weighted by atomic mass is 10.0. The smallest absolute Gasteiger partial charge is 0.256 e. The molecule has 0 fully saturated rings. The number of hydrogen-bond donors (Lipinski definition) is 0. The molecule has 0 spiro atoms. The standard InChI is InChI=1S/C23H16FN3O/c24-20-12-16(15-7-8-21-17(11-15)3-1-9-25-21)5-6-18(20)13-27-14-22-19(23(27)28)4-2-10-26-22/h1-12H,13-14H2. The van der Waals surface area contributed by atoms with Crippen molar-refractivity contribution in [3.8, 4) is 11.1 Å². The van der Waals surface area contributed by atoms with Crippen molar-refractivity contribution in [3.05, 3.63) is 95.7 Å². The Morgan fingerprint density at radius 3 is 2.57 bits per heavy atom. The lowest BCUT2D eigenvalue weighted by Crippen LogP contribution is -2.23. The molecule has 0 bridgehead atoms. The van der Waals surface area contributed by atoms with Crippen molar-refractivity contribution in [1.29, 1.82) is 0 Å². The number of nitrogens with zero attached hydrogens (tertiary/aromatic N) is 3. The van der Waals surface area contributed by atoms with Crippen molar-refractivity contribution in [2.45, 2.75) is 13.1 Å². The summed E-state index contributed by atoms with van der Waals surface area (Å²) in [6, 6.07) is 18.4. The Morgan fingerprint density at radius 1 is 0.929 bits per heavy atom. The summed E-state index contributed by atoms with van der Waals surface area (Å²) >= 11 is 0. The van der Waals surface area contributed by atoms with Crippen LogP contribution in [0.1, 0.15) is 21.6 Å². The fourth-order valence-corrected chi connectivity index (χ4v) is 3.63. The van der Waals surface area contributed by atoms with E-state index in [4.69, 9.17) is 0 Å². The highest BCUT2D eigenvalue weighted by atomic mass is 19.1. The minimum Gasteiger partial charge on any atom is -0.328 e. The van der Waals surface area contributed by atoms with Crippen molar-refractivity contribution < 1.29 is 9.18 Å². The van der Waals surface area contributed by atoms with E-state index in [9.17, 15) is 9.18 Å². The number of halogens is 1. The summed E-state index contributed by atoms with van der Waals surface area (Å²) in [6.07, 6.45) is 3.42. The third-order valence-electron chi connectivity index (χ3n) is 5.10. The van der Waals surface area contributed by atoms with Crippen LogP contribution in [0.2, 0.25) is 0 Å². The van der Waals surface area contributed by atoms with Gasteiger partial charge in [-0.15, -0.1) is 0 Å². The molecule has 0 saturated carbocycles. The average molecular weight is 369 g/mol. The molecular weight excluding hydrogens is 353 g/mol. The predicted molar refractivity (Wildman–Crippen MR) is 105 cm³/mol. The van der Waals surface area contributed by atoms with Gasteiger partial charge in [0.15, 0.2) is 0 Å².